The quantitative estimate of drug-likeness (QED) is 0.905. The molecule has 0 aliphatic carbocycles. The number of sulfonamides is 1. The molecule has 0 bridgehead atoms. The molecule has 2 heterocycles. The zero-order valence-electron chi connectivity index (χ0n) is 14.7. The highest BCUT2D eigenvalue weighted by molar-refractivity contribution is 7.89. The normalized spacial score (nSPS) is 23.2. The first-order chi connectivity index (χ1) is 11.0. The van der Waals surface area contributed by atoms with Gasteiger partial charge < -0.3 is 5.73 Å². The fraction of sp³-hybridized carbons (Fsp3) is 0.588. The van der Waals surface area contributed by atoms with Crippen molar-refractivity contribution in [2.45, 2.75) is 44.4 Å². The van der Waals surface area contributed by atoms with Crippen LogP contribution in [0.4, 0.5) is 0 Å². The standard InChI is InChI=1S/C17H25N3O2S2/c1-16(2,3)15-19-13-6-5-12(9-14(13)23-15)24(21,22)20-8-7-17(4,10-18)11-20/h5-6,9H,7-8,10-11,18H2,1-4H3. The fourth-order valence-electron chi connectivity index (χ4n) is 2.89. The van der Waals surface area contributed by atoms with E-state index in [0.717, 1.165) is 21.6 Å². The Morgan fingerprint density at radius 1 is 1.38 bits per heavy atom. The Bertz CT molecular complexity index is 868. The lowest BCUT2D eigenvalue weighted by atomic mass is 9.90. The third kappa shape index (κ3) is 3.10. The van der Waals surface area contributed by atoms with E-state index in [1.54, 1.807) is 27.8 Å². The third-order valence-electron chi connectivity index (χ3n) is 4.65. The number of hydrogen-bond acceptors (Lipinski definition) is 5. The van der Waals surface area contributed by atoms with E-state index in [1.807, 2.05) is 13.0 Å². The highest BCUT2D eigenvalue weighted by Gasteiger charge is 2.39. The molecule has 5 nitrogen and oxygen atoms in total. The molecule has 1 atom stereocenters. The average molecular weight is 368 g/mol. The molecule has 0 radical (unpaired) electrons. The second-order valence-electron chi connectivity index (χ2n) is 8.00. The molecule has 1 aliphatic rings. The van der Waals surface area contributed by atoms with E-state index in [1.165, 1.54) is 0 Å². The van der Waals surface area contributed by atoms with Gasteiger partial charge in [0.2, 0.25) is 10.0 Å². The minimum absolute atomic E-state index is 0.0411. The summed E-state index contributed by atoms with van der Waals surface area (Å²) in [5.41, 5.74) is 6.50. The van der Waals surface area contributed by atoms with E-state index < -0.39 is 10.0 Å². The predicted molar refractivity (Wildman–Crippen MR) is 98.9 cm³/mol. The number of rotatable bonds is 3. The molecule has 0 saturated carbocycles. The third-order valence-corrected chi connectivity index (χ3v) is 7.94. The van der Waals surface area contributed by atoms with Crippen LogP contribution in [0.15, 0.2) is 23.1 Å². The number of benzene rings is 1. The van der Waals surface area contributed by atoms with Gasteiger partial charge in [-0.05, 0) is 36.6 Å². The Kier molecular flexibility index (Phi) is 4.27. The lowest BCUT2D eigenvalue weighted by Crippen LogP contribution is -2.34. The van der Waals surface area contributed by atoms with Crippen LogP contribution >= 0.6 is 11.3 Å². The van der Waals surface area contributed by atoms with Crippen molar-refractivity contribution in [2.75, 3.05) is 19.6 Å². The van der Waals surface area contributed by atoms with Crippen molar-refractivity contribution in [3.05, 3.63) is 23.2 Å². The molecule has 0 amide bonds. The summed E-state index contributed by atoms with van der Waals surface area (Å²) in [7, 11) is -3.48. The van der Waals surface area contributed by atoms with Crippen molar-refractivity contribution in [2.24, 2.45) is 11.1 Å². The Hall–Kier alpha value is -1.02. The van der Waals surface area contributed by atoms with Crippen molar-refractivity contribution in [3.8, 4) is 0 Å². The van der Waals surface area contributed by atoms with E-state index in [2.05, 4.69) is 25.8 Å². The van der Waals surface area contributed by atoms with Gasteiger partial charge in [-0.15, -0.1) is 11.3 Å². The van der Waals surface area contributed by atoms with Crippen LogP contribution in [-0.2, 0) is 15.4 Å². The Morgan fingerprint density at radius 2 is 2.08 bits per heavy atom. The number of nitrogens with zero attached hydrogens (tertiary/aromatic N) is 2. The Labute approximate surface area is 147 Å². The highest BCUT2D eigenvalue weighted by Crippen LogP contribution is 2.35. The fourth-order valence-corrected chi connectivity index (χ4v) is 5.64. The minimum atomic E-state index is -3.48. The number of aromatic nitrogens is 1. The SMILES string of the molecule is CC1(CN)CCN(S(=O)(=O)c2ccc3nc(C(C)(C)C)sc3c2)C1. The molecule has 1 aromatic carbocycles. The summed E-state index contributed by atoms with van der Waals surface area (Å²) in [6.07, 6.45) is 0.805. The zero-order chi connectivity index (χ0) is 17.8. The summed E-state index contributed by atoms with van der Waals surface area (Å²) >= 11 is 1.57. The maximum absolute atomic E-state index is 13.0. The summed E-state index contributed by atoms with van der Waals surface area (Å²) in [5, 5.41) is 1.02. The molecule has 1 aromatic heterocycles. The molecule has 1 unspecified atom stereocenters. The molecule has 2 aromatic rings. The lowest BCUT2D eigenvalue weighted by Gasteiger charge is -2.22. The smallest absolute Gasteiger partial charge is 0.243 e. The van der Waals surface area contributed by atoms with Crippen LogP contribution in [0, 0.1) is 5.41 Å². The monoisotopic (exact) mass is 367 g/mol. The van der Waals surface area contributed by atoms with Gasteiger partial charge in [0, 0.05) is 18.5 Å². The van der Waals surface area contributed by atoms with Crippen LogP contribution in [0.5, 0.6) is 0 Å². The summed E-state index contributed by atoms with van der Waals surface area (Å²) in [6, 6.07) is 5.24. The maximum Gasteiger partial charge on any atom is 0.243 e. The van der Waals surface area contributed by atoms with Crippen molar-refractivity contribution >= 4 is 31.6 Å². The van der Waals surface area contributed by atoms with Gasteiger partial charge in [-0.1, -0.05) is 27.7 Å². The van der Waals surface area contributed by atoms with Crippen LogP contribution in [0.2, 0.25) is 0 Å². The molecule has 1 saturated heterocycles. The second-order valence-corrected chi connectivity index (χ2v) is 11.0. The average Bonchev–Trinajstić information content (AvgIpc) is 3.10. The van der Waals surface area contributed by atoms with Crippen LogP contribution in [0.25, 0.3) is 10.2 Å². The molecule has 2 N–H and O–H groups in total. The molecular weight excluding hydrogens is 342 g/mol. The topological polar surface area (TPSA) is 76.3 Å². The van der Waals surface area contributed by atoms with Crippen molar-refractivity contribution in [1.82, 2.24) is 9.29 Å². The zero-order valence-corrected chi connectivity index (χ0v) is 16.3. The minimum Gasteiger partial charge on any atom is -0.330 e. The maximum atomic E-state index is 13.0. The molecule has 24 heavy (non-hydrogen) atoms. The van der Waals surface area contributed by atoms with Gasteiger partial charge in [-0.3, -0.25) is 0 Å². The molecule has 1 fully saturated rings. The first-order valence-corrected chi connectivity index (χ1v) is 10.4. The Morgan fingerprint density at radius 3 is 2.67 bits per heavy atom. The number of hydrogen-bond donors (Lipinski definition) is 1. The van der Waals surface area contributed by atoms with Gasteiger partial charge in [-0.25, -0.2) is 13.4 Å². The molecule has 1 aliphatic heterocycles. The largest absolute Gasteiger partial charge is 0.330 e. The molecular formula is C17H25N3O2S2. The van der Waals surface area contributed by atoms with Gasteiger partial charge in [0.05, 0.1) is 20.1 Å². The van der Waals surface area contributed by atoms with Crippen molar-refractivity contribution < 1.29 is 8.42 Å². The summed E-state index contributed by atoms with van der Waals surface area (Å²) < 4.78 is 28.4. The van der Waals surface area contributed by atoms with Crippen molar-refractivity contribution in [3.63, 3.8) is 0 Å². The van der Waals surface area contributed by atoms with Crippen LogP contribution in [-0.4, -0.2) is 37.3 Å². The summed E-state index contributed by atoms with van der Waals surface area (Å²) in [5.74, 6) is 0. The van der Waals surface area contributed by atoms with Crippen molar-refractivity contribution in [1.29, 1.82) is 0 Å². The number of nitrogens with two attached hydrogens (primary N) is 1. The van der Waals surface area contributed by atoms with E-state index in [4.69, 9.17) is 5.73 Å². The van der Waals surface area contributed by atoms with Gasteiger partial charge in [0.25, 0.3) is 0 Å². The number of fused-ring (bicyclic) bond motifs is 1. The van der Waals surface area contributed by atoms with E-state index >= 15 is 0 Å². The van der Waals surface area contributed by atoms with Crippen LogP contribution in [0.1, 0.15) is 39.1 Å². The predicted octanol–water partition coefficient (Wildman–Crippen LogP) is 2.95. The van der Waals surface area contributed by atoms with E-state index in [9.17, 15) is 8.42 Å². The molecule has 3 rings (SSSR count). The first kappa shape index (κ1) is 17.8. The van der Waals surface area contributed by atoms with Gasteiger partial charge >= 0.3 is 0 Å². The number of thiazole rings is 1. The van der Waals surface area contributed by atoms with Gasteiger partial charge in [0.15, 0.2) is 0 Å². The summed E-state index contributed by atoms with van der Waals surface area (Å²) in [6.45, 7) is 9.90. The van der Waals surface area contributed by atoms with Gasteiger partial charge in [-0.2, -0.15) is 4.31 Å². The van der Waals surface area contributed by atoms with Crippen LogP contribution in [0.3, 0.4) is 0 Å². The summed E-state index contributed by atoms with van der Waals surface area (Å²) in [4.78, 5) is 4.98. The second kappa shape index (κ2) is 5.76. The van der Waals surface area contributed by atoms with Gasteiger partial charge in [0.1, 0.15) is 0 Å². The van der Waals surface area contributed by atoms with Crippen LogP contribution < -0.4 is 5.73 Å². The molecule has 7 heteroatoms. The van der Waals surface area contributed by atoms with E-state index in [-0.39, 0.29) is 10.8 Å². The Balaban J connectivity index is 1.97. The van der Waals surface area contributed by atoms with E-state index in [0.29, 0.717) is 24.5 Å². The lowest BCUT2D eigenvalue weighted by molar-refractivity contribution is 0.349. The first-order valence-electron chi connectivity index (χ1n) is 8.16. The molecule has 0 spiro atoms. The highest BCUT2D eigenvalue weighted by atomic mass is 32.2. The molecule has 132 valence electrons.